The van der Waals surface area contributed by atoms with Crippen LogP contribution in [-0.2, 0) is 16.9 Å². The van der Waals surface area contributed by atoms with Crippen molar-refractivity contribution in [3.05, 3.63) is 12.4 Å². The van der Waals surface area contributed by atoms with Gasteiger partial charge in [-0.2, -0.15) is 0 Å². The van der Waals surface area contributed by atoms with Crippen molar-refractivity contribution in [1.29, 1.82) is 0 Å². The van der Waals surface area contributed by atoms with Crippen molar-refractivity contribution in [2.45, 2.75) is 5.16 Å². The van der Waals surface area contributed by atoms with Crippen LogP contribution in [0.1, 0.15) is 5.82 Å². The molecule has 0 aliphatic heterocycles. The van der Waals surface area contributed by atoms with Crippen LogP contribution in [0.4, 0.5) is 0 Å². The minimum absolute atomic E-state index is 0.0441. The zero-order valence-corrected chi connectivity index (χ0v) is 7.67. The van der Waals surface area contributed by atoms with Gasteiger partial charge in [0, 0.05) is 13.3 Å². The van der Waals surface area contributed by atoms with E-state index in [0.717, 1.165) is 6.26 Å². The Morgan fingerprint density at radius 3 is 2.33 bits per heavy atom. The van der Waals surface area contributed by atoms with E-state index in [0.29, 0.717) is 5.82 Å². The summed E-state index contributed by atoms with van der Waals surface area (Å²) in [4.78, 5) is 0. The van der Waals surface area contributed by atoms with E-state index in [4.69, 9.17) is 0 Å². The summed E-state index contributed by atoms with van der Waals surface area (Å²) in [5.41, 5.74) is 0. The van der Waals surface area contributed by atoms with Gasteiger partial charge >= 0.3 is 0 Å². The molecule has 5 nitrogen and oxygen atoms in total. The molecule has 0 saturated heterocycles. The second kappa shape index (κ2) is 2.71. The van der Waals surface area contributed by atoms with E-state index in [9.17, 15) is 8.42 Å². The molecule has 66 valence electrons. The highest BCUT2D eigenvalue weighted by atomic mass is 32.2. The maximum atomic E-state index is 11.0. The number of rotatable bonds is 2. The third kappa shape index (κ3) is 1.38. The summed E-state index contributed by atoms with van der Waals surface area (Å²) in [6.45, 7) is 3.47. The summed E-state index contributed by atoms with van der Waals surface area (Å²) < 4.78 is 23.4. The molecule has 0 N–H and O–H groups in total. The Bertz CT molecular complexity index is 404. The Kier molecular flexibility index (Phi) is 2.01. The SMILES string of the molecule is C=Cc1nnc(S(C)(=O)=O)n1C. The van der Waals surface area contributed by atoms with Gasteiger partial charge in [0.2, 0.25) is 15.0 Å². The van der Waals surface area contributed by atoms with Gasteiger partial charge in [-0.05, 0) is 6.08 Å². The van der Waals surface area contributed by atoms with Crippen molar-refractivity contribution in [3.8, 4) is 0 Å². The predicted molar refractivity (Wildman–Crippen MR) is 44.2 cm³/mol. The van der Waals surface area contributed by atoms with E-state index in [1.807, 2.05) is 0 Å². The highest BCUT2D eigenvalue weighted by Gasteiger charge is 2.15. The second-order valence-electron chi connectivity index (χ2n) is 2.38. The quantitative estimate of drug-likeness (QED) is 0.646. The van der Waals surface area contributed by atoms with Crippen LogP contribution in [-0.4, -0.2) is 29.4 Å². The number of sulfone groups is 1. The highest BCUT2D eigenvalue weighted by Crippen LogP contribution is 2.06. The van der Waals surface area contributed by atoms with E-state index in [-0.39, 0.29) is 5.16 Å². The van der Waals surface area contributed by atoms with Gasteiger partial charge in [0.1, 0.15) is 0 Å². The summed E-state index contributed by atoms with van der Waals surface area (Å²) >= 11 is 0. The van der Waals surface area contributed by atoms with Crippen LogP contribution in [0.15, 0.2) is 11.7 Å². The molecule has 1 aromatic rings. The van der Waals surface area contributed by atoms with Gasteiger partial charge in [0.15, 0.2) is 5.82 Å². The molecular formula is C6H9N3O2S. The molecule has 0 unspecified atom stereocenters. The van der Waals surface area contributed by atoms with Crippen molar-refractivity contribution < 1.29 is 8.42 Å². The Hall–Kier alpha value is -1.17. The molecule has 0 aliphatic carbocycles. The van der Waals surface area contributed by atoms with Crippen LogP contribution in [0.5, 0.6) is 0 Å². The Morgan fingerprint density at radius 2 is 2.08 bits per heavy atom. The molecule has 1 heterocycles. The first-order valence-corrected chi connectivity index (χ1v) is 5.08. The van der Waals surface area contributed by atoms with Crippen molar-refractivity contribution in [2.24, 2.45) is 7.05 Å². The lowest BCUT2D eigenvalue weighted by Gasteiger charge is -1.96. The summed E-state index contributed by atoms with van der Waals surface area (Å²) in [6, 6.07) is 0. The largest absolute Gasteiger partial charge is 0.302 e. The van der Waals surface area contributed by atoms with Crippen molar-refractivity contribution in [3.63, 3.8) is 0 Å². The molecule has 12 heavy (non-hydrogen) atoms. The Morgan fingerprint density at radius 1 is 1.50 bits per heavy atom. The molecule has 0 bridgehead atoms. The van der Waals surface area contributed by atoms with Crippen molar-refractivity contribution >= 4 is 15.9 Å². The molecule has 0 aromatic carbocycles. The van der Waals surface area contributed by atoms with E-state index in [1.54, 1.807) is 7.05 Å². The number of aromatic nitrogens is 3. The Balaban J connectivity index is 3.39. The molecule has 0 fully saturated rings. The van der Waals surface area contributed by atoms with Crippen LogP contribution < -0.4 is 0 Å². The highest BCUT2D eigenvalue weighted by molar-refractivity contribution is 7.90. The molecule has 0 aliphatic rings. The van der Waals surface area contributed by atoms with Crippen LogP contribution >= 0.6 is 0 Å². The summed E-state index contributed by atoms with van der Waals surface area (Å²) in [5.74, 6) is 0.440. The van der Waals surface area contributed by atoms with Gasteiger partial charge in [-0.1, -0.05) is 6.58 Å². The van der Waals surface area contributed by atoms with Crippen LogP contribution in [0.3, 0.4) is 0 Å². The molecule has 6 heteroatoms. The predicted octanol–water partition coefficient (Wildman–Crippen LogP) is -0.138. The molecular weight excluding hydrogens is 178 g/mol. The first kappa shape index (κ1) is 8.92. The van der Waals surface area contributed by atoms with Gasteiger partial charge in [-0.15, -0.1) is 10.2 Å². The third-order valence-corrected chi connectivity index (χ3v) is 2.40. The molecule has 0 atom stereocenters. The molecule has 0 radical (unpaired) electrons. The van der Waals surface area contributed by atoms with E-state index in [2.05, 4.69) is 16.8 Å². The van der Waals surface area contributed by atoms with Crippen LogP contribution in [0.25, 0.3) is 6.08 Å². The first-order valence-electron chi connectivity index (χ1n) is 3.18. The fraction of sp³-hybridized carbons (Fsp3) is 0.333. The maximum absolute atomic E-state index is 11.0. The minimum atomic E-state index is -3.28. The number of hydrogen-bond acceptors (Lipinski definition) is 4. The van der Waals surface area contributed by atoms with E-state index < -0.39 is 9.84 Å². The minimum Gasteiger partial charge on any atom is -0.302 e. The molecule has 1 aromatic heterocycles. The summed E-state index contributed by atoms with van der Waals surface area (Å²) in [5, 5.41) is 7.08. The van der Waals surface area contributed by atoms with Crippen molar-refractivity contribution in [2.75, 3.05) is 6.26 Å². The summed E-state index contributed by atoms with van der Waals surface area (Å²) in [7, 11) is -1.70. The standard InChI is InChI=1S/C6H9N3O2S/c1-4-5-7-8-6(9(5)2)12(3,10)11/h4H,1H2,2-3H3. The van der Waals surface area contributed by atoms with E-state index >= 15 is 0 Å². The van der Waals surface area contributed by atoms with Crippen LogP contribution in [0, 0.1) is 0 Å². The van der Waals surface area contributed by atoms with Gasteiger partial charge in [0.25, 0.3) is 0 Å². The third-order valence-electron chi connectivity index (χ3n) is 1.38. The average molecular weight is 187 g/mol. The van der Waals surface area contributed by atoms with Crippen LogP contribution in [0.2, 0.25) is 0 Å². The molecule has 1 rings (SSSR count). The van der Waals surface area contributed by atoms with Gasteiger partial charge in [0.05, 0.1) is 0 Å². The lowest BCUT2D eigenvalue weighted by atomic mass is 10.6. The van der Waals surface area contributed by atoms with E-state index in [1.165, 1.54) is 10.6 Å². The monoisotopic (exact) mass is 187 g/mol. The lowest BCUT2D eigenvalue weighted by Crippen LogP contribution is -2.06. The number of hydrogen-bond donors (Lipinski definition) is 0. The van der Waals surface area contributed by atoms with Gasteiger partial charge in [-0.25, -0.2) is 8.42 Å². The molecule has 0 amide bonds. The molecule has 0 spiro atoms. The average Bonchev–Trinajstić information content (AvgIpc) is 2.29. The smallest absolute Gasteiger partial charge is 0.249 e. The fourth-order valence-corrected chi connectivity index (χ4v) is 1.61. The zero-order chi connectivity index (χ0) is 9.35. The lowest BCUT2D eigenvalue weighted by molar-refractivity contribution is 0.584. The zero-order valence-electron chi connectivity index (χ0n) is 6.85. The fourth-order valence-electron chi connectivity index (χ4n) is 0.827. The normalized spacial score (nSPS) is 11.5. The summed E-state index contributed by atoms with van der Waals surface area (Å²) in [6.07, 6.45) is 2.53. The maximum Gasteiger partial charge on any atom is 0.249 e. The topological polar surface area (TPSA) is 64.8 Å². The van der Waals surface area contributed by atoms with Crippen molar-refractivity contribution in [1.82, 2.24) is 14.8 Å². The van der Waals surface area contributed by atoms with Gasteiger partial charge in [-0.3, -0.25) is 0 Å². The number of nitrogens with zero attached hydrogens (tertiary/aromatic N) is 3. The van der Waals surface area contributed by atoms with Gasteiger partial charge < -0.3 is 4.57 Å². The molecule has 0 saturated carbocycles. The second-order valence-corrected chi connectivity index (χ2v) is 4.29. The first-order chi connectivity index (χ1) is 5.46. The Labute approximate surface area is 70.7 Å².